The topological polar surface area (TPSA) is 50.7 Å². The number of nitrogens with one attached hydrogen (secondary N) is 1. The first-order valence-corrected chi connectivity index (χ1v) is 5.03. The fraction of sp³-hybridized carbons (Fsp3) is 0.333. The van der Waals surface area contributed by atoms with Crippen LogP contribution in [0.5, 0.6) is 0 Å². The van der Waals surface area contributed by atoms with Gasteiger partial charge in [-0.25, -0.2) is 5.43 Å². The Labute approximate surface area is 95.3 Å². The molecule has 0 saturated heterocycles. The third kappa shape index (κ3) is 3.47. The van der Waals surface area contributed by atoms with Gasteiger partial charge in [0.2, 0.25) is 0 Å². The molecule has 0 radical (unpaired) electrons. The van der Waals surface area contributed by atoms with E-state index < -0.39 is 6.10 Å². The molecular formula is C12H16N2O2. The summed E-state index contributed by atoms with van der Waals surface area (Å²) in [5.74, 6) is -0.269. The van der Waals surface area contributed by atoms with E-state index in [2.05, 4.69) is 10.5 Å². The van der Waals surface area contributed by atoms with Crippen molar-refractivity contribution in [2.45, 2.75) is 20.0 Å². The highest BCUT2D eigenvalue weighted by molar-refractivity contribution is 5.85. The predicted molar refractivity (Wildman–Crippen MR) is 63.1 cm³/mol. The van der Waals surface area contributed by atoms with Crippen LogP contribution in [0.15, 0.2) is 35.4 Å². The molecule has 4 heteroatoms. The van der Waals surface area contributed by atoms with E-state index in [9.17, 15) is 4.79 Å². The number of hydrogen-bond acceptors (Lipinski definition) is 3. The molecule has 0 aliphatic carbocycles. The van der Waals surface area contributed by atoms with Gasteiger partial charge in [-0.1, -0.05) is 30.3 Å². The Morgan fingerprint density at radius 2 is 1.94 bits per heavy atom. The van der Waals surface area contributed by atoms with Gasteiger partial charge in [0.1, 0.15) is 0 Å². The molecule has 1 aromatic carbocycles. The molecule has 0 aliphatic heterocycles. The van der Waals surface area contributed by atoms with Gasteiger partial charge in [-0.2, -0.15) is 5.10 Å². The van der Waals surface area contributed by atoms with Crippen LogP contribution in [0.25, 0.3) is 0 Å². The van der Waals surface area contributed by atoms with Crippen LogP contribution in [0.3, 0.4) is 0 Å². The van der Waals surface area contributed by atoms with Crippen LogP contribution in [-0.2, 0) is 9.53 Å². The van der Waals surface area contributed by atoms with Crippen LogP contribution < -0.4 is 5.43 Å². The summed E-state index contributed by atoms with van der Waals surface area (Å²) < 4.78 is 5.15. The number of benzene rings is 1. The molecule has 0 saturated carbocycles. The first-order chi connectivity index (χ1) is 7.65. The molecule has 86 valence electrons. The van der Waals surface area contributed by atoms with E-state index in [1.54, 1.807) is 0 Å². The van der Waals surface area contributed by atoms with Crippen molar-refractivity contribution in [2.24, 2.45) is 5.10 Å². The van der Waals surface area contributed by atoms with E-state index in [0.717, 1.165) is 11.3 Å². The van der Waals surface area contributed by atoms with Crippen LogP contribution >= 0.6 is 0 Å². The molecule has 1 N–H and O–H groups in total. The third-order valence-corrected chi connectivity index (χ3v) is 1.97. The van der Waals surface area contributed by atoms with Gasteiger partial charge < -0.3 is 4.74 Å². The first kappa shape index (κ1) is 12.4. The fourth-order valence-corrected chi connectivity index (χ4v) is 1.25. The summed E-state index contributed by atoms with van der Waals surface area (Å²) in [7, 11) is 1.50. The Bertz CT molecular complexity index is 370. The molecule has 0 bridgehead atoms. The third-order valence-electron chi connectivity index (χ3n) is 1.97. The monoisotopic (exact) mass is 220 g/mol. The van der Waals surface area contributed by atoms with Crippen LogP contribution in [-0.4, -0.2) is 18.7 Å². The van der Waals surface area contributed by atoms with Gasteiger partial charge >= 0.3 is 0 Å². The summed E-state index contributed by atoms with van der Waals surface area (Å²) in [5, 5.41) is 3.86. The van der Waals surface area contributed by atoms with Crippen LogP contribution in [0, 0.1) is 0 Å². The van der Waals surface area contributed by atoms with Crippen molar-refractivity contribution >= 4 is 11.6 Å². The molecule has 1 atom stereocenters. The zero-order chi connectivity index (χ0) is 12.0. The van der Waals surface area contributed by atoms with Crippen molar-refractivity contribution in [3.63, 3.8) is 0 Å². The van der Waals surface area contributed by atoms with Gasteiger partial charge in [0.25, 0.3) is 5.91 Å². The predicted octanol–water partition coefficient (Wildman–Crippen LogP) is 1.89. The minimum atomic E-state index is -0.621. The lowest BCUT2D eigenvalue weighted by atomic mass is 10.1. The molecule has 0 heterocycles. The Kier molecular flexibility index (Phi) is 4.66. The lowest BCUT2D eigenvalue weighted by Gasteiger charge is -2.13. The standard InChI is InChI=1S/C12H16N2O2/c1-9(2)13-14-12(15)11(16-3)10-7-5-4-6-8-10/h4-8,11H,1-3H3,(H,14,15)/t11-/m1/s1. The number of amides is 1. The fourth-order valence-electron chi connectivity index (χ4n) is 1.25. The number of hydrazone groups is 1. The van der Waals surface area contributed by atoms with Gasteiger partial charge in [-0.3, -0.25) is 4.79 Å². The van der Waals surface area contributed by atoms with Crippen LogP contribution in [0.1, 0.15) is 25.5 Å². The van der Waals surface area contributed by atoms with Crippen LogP contribution in [0.2, 0.25) is 0 Å². The molecule has 0 aromatic heterocycles. The highest BCUT2D eigenvalue weighted by Gasteiger charge is 2.18. The maximum atomic E-state index is 11.7. The lowest BCUT2D eigenvalue weighted by Crippen LogP contribution is -2.27. The SMILES string of the molecule is CO[C@@H](C(=O)NN=C(C)C)c1ccccc1. The van der Waals surface area contributed by atoms with Gasteiger partial charge in [0, 0.05) is 12.8 Å². The molecule has 0 fully saturated rings. The number of carbonyl (C=O) groups is 1. The number of hydrogen-bond donors (Lipinski definition) is 1. The molecule has 1 amide bonds. The molecule has 0 unspecified atom stereocenters. The maximum absolute atomic E-state index is 11.7. The lowest BCUT2D eigenvalue weighted by molar-refractivity contribution is -0.131. The van der Waals surface area contributed by atoms with Crippen molar-refractivity contribution in [2.75, 3.05) is 7.11 Å². The second-order valence-electron chi connectivity index (χ2n) is 3.56. The normalized spacial score (nSPS) is 11.7. The average Bonchev–Trinajstić information content (AvgIpc) is 2.29. The highest BCUT2D eigenvalue weighted by atomic mass is 16.5. The summed E-state index contributed by atoms with van der Waals surface area (Å²) in [6.45, 7) is 3.62. The van der Waals surface area contributed by atoms with E-state index in [1.807, 2.05) is 44.2 Å². The molecule has 16 heavy (non-hydrogen) atoms. The number of ether oxygens (including phenoxy) is 1. The molecular weight excluding hydrogens is 204 g/mol. The second kappa shape index (κ2) is 6.02. The summed E-state index contributed by atoms with van der Waals surface area (Å²) in [6.07, 6.45) is -0.621. The van der Waals surface area contributed by atoms with E-state index in [1.165, 1.54) is 7.11 Å². The Hall–Kier alpha value is -1.68. The summed E-state index contributed by atoms with van der Waals surface area (Å²) in [5.41, 5.74) is 4.06. The van der Waals surface area contributed by atoms with E-state index in [0.29, 0.717) is 0 Å². The van der Waals surface area contributed by atoms with Gasteiger partial charge in [-0.05, 0) is 19.4 Å². The molecule has 1 rings (SSSR count). The number of carbonyl (C=O) groups excluding carboxylic acids is 1. The molecule has 4 nitrogen and oxygen atoms in total. The Morgan fingerprint density at radius 1 is 1.31 bits per heavy atom. The minimum absolute atomic E-state index is 0.269. The number of nitrogens with zero attached hydrogens (tertiary/aromatic N) is 1. The molecule has 0 spiro atoms. The Balaban J connectivity index is 2.75. The van der Waals surface area contributed by atoms with Crippen molar-refractivity contribution in [1.29, 1.82) is 0 Å². The van der Waals surface area contributed by atoms with E-state index in [4.69, 9.17) is 4.74 Å². The summed E-state index contributed by atoms with van der Waals surface area (Å²) in [4.78, 5) is 11.7. The van der Waals surface area contributed by atoms with E-state index in [-0.39, 0.29) is 5.91 Å². The Morgan fingerprint density at radius 3 is 2.44 bits per heavy atom. The van der Waals surface area contributed by atoms with Gasteiger partial charge in [0.05, 0.1) is 0 Å². The van der Waals surface area contributed by atoms with Crippen molar-refractivity contribution in [3.8, 4) is 0 Å². The smallest absolute Gasteiger partial charge is 0.273 e. The van der Waals surface area contributed by atoms with E-state index >= 15 is 0 Å². The van der Waals surface area contributed by atoms with Gasteiger partial charge in [-0.15, -0.1) is 0 Å². The maximum Gasteiger partial charge on any atom is 0.273 e. The largest absolute Gasteiger partial charge is 0.367 e. The zero-order valence-electron chi connectivity index (χ0n) is 9.73. The van der Waals surface area contributed by atoms with Crippen LogP contribution in [0.4, 0.5) is 0 Å². The first-order valence-electron chi connectivity index (χ1n) is 5.03. The number of methoxy groups -OCH3 is 1. The quantitative estimate of drug-likeness (QED) is 0.622. The van der Waals surface area contributed by atoms with Crippen molar-refractivity contribution < 1.29 is 9.53 Å². The summed E-state index contributed by atoms with van der Waals surface area (Å²) >= 11 is 0. The molecule has 0 aliphatic rings. The highest BCUT2D eigenvalue weighted by Crippen LogP contribution is 2.15. The van der Waals surface area contributed by atoms with Crippen molar-refractivity contribution in [3.05, 3.63) is 35.9 Å². The summed E-state index contributed by atoms with van der Waals surface area (Å²) in [6, 6.07) is 9.31. The minimum Gasteiger partial charge on any atom is -0.367 e. The zero-order valence-corrected chi connectivity index (χ0v) is 9.73. The van der Waals surface area contributed by atoms with Crippen molar-refractivity contribution in [1.82, 2.24) is 5.43 Å². The average molecular weight is 220 g/mol. The molecule has 1 aromatic rings. The number of rotatable bonds is 4. The van der Waals surface area contributed by atoms with Gasteiger partial charge in [0.15, 0.2) is 6.10 Å². The second-order valence-corrected chi connectivity index (χ2v) is 3.56.